The highest BCUT2D eigenvalue weighted by Gasteiger charge is 2.10. The van der Waals surface area contributed by atoms with Crippen LogP contribution in [0.3, 0.4) is 0 Å². The lowest BCUT2D eigenvalue weighted by Crippen LogP contribution is -2.10. The zero-order valence-electron chi connectivity index (χ0n) is 9.99. The number of rotatable bonds is 5. The first-order chi connectivity index (χ1) is 6.90. The molecule has 0 heterocycles. The minimum Gasteiger partial charge on any atom is -0.481 e. The van der Waals surface area contributed by atoms with E-state index in [1.807, 2.05) is 20.8 Å². The average molecular weight is 218 g/mol. The summed E-state index contributed by atoms with van der Waals surface area (Å²) in [6.07, 6.45) is 2.20. The van der Waals surface area contributed by atoms with Gasteiger partial charge in [-0.3, -0.25) is 9.59 Å². The number of hydrogen-bond acceptors (Lipinski definition) is 2. The van der Waals surface area contributed by atoms with Gasteiger partial charge in [0.1, 0.15) is 0 Å². The smallest absolute Gasteiger partial charge is 0.306 e. The summed E-state index contributed by atoms with van der Waals surface area (Å²) in [4.78, 5) is 20.1. The Labute approximate surface area is 91.3 Å². The lowest BCUT2D eigenvalue weighted by molar-refractivity contribution is -0.142. The quantitative estimate of drug-likeness (QED) is 0.743. The van der Waals surface area contributed by atoms with Gasteiger partial charge in [0, 0.05) is 0 Å². The van der Waals surface area contributed by atoms with Crippen LogP contribution in [0.15, 0.2) is 0 Å². The van der Waals surface area contributed by atoms with Gasteiger partial charge >= 0.3 is 11.9 Å². The summed E-state index contributed by atoms with van der Waals surface area (Å²) in [5, 5.41) is 16.6. The Hall–Kier alpha value is -1.06. The van der Waals surface area contributed by atoms with E-state index in [-0.39, 0.29) is 11.8 Å². The van der Waals surface area contributed by atoms with E-state index in [1.165, 1.54) is 0 Å². The molecule has 0 fully saturated rings. The summed E-state index contributed by atoms with van der Waals surface area (Å²) in [5.41, 5.74) is 0. The maximum atomic E-state index is 10.2. The third-order valence-electron chi connectivity index (χ3n) is 2.37. The molecular formula is C11H22O4. The summed E-state index contributed by atoms with van der Waals surface area (Å²) < 4.78 is 0. The van der Waals surface area contributed by atoms with Crippen molar-refractivity contribution in [3.05, 3.63) is 0 Å². The molecule has 0 amide bonds. The molecule has 90 valence electrons. The zero-order chi connectivity index (χ0) is 12.4. The molecule has 0 radical (unpaired) electrons. The highest BCUT2D eigenvalue weighted by Crippen LogP contribution is 2.05. The molecule has 0 aromatic heterocycles. The predicted molar refractivity (Wildman–Crippen MR) is 58.8 cm³/mol. The number of carboxylic acids is 2. The van der Waals surface area contributed by atoms with E-state index in [0.29, 0.717) is 0 Å². The largest absolute Gasteiger partial charge is 0.481 e. The van der Waals surface area contributed by atoms with Gasteiger partial charge in [0.2, 0.25) is 0 Å². The van der Waals surface area contributed by atoms with Crippen molar-refractivity contribution in [2.45, 2.75) is 47.0 Å². The molecule has 0 aliphatic rings. The monoisotopic (exact) mass is 218 g/mol. The standard InChI is InChI=1S/C6H12O2.C5H10O2/c1-3-5(4-2)6(7)8;1-3-4(2)5(6)7/h5H,3-4H2,1-2H3,(H,7,8);4H,3H2,1-2H3,(H,6,7). The Morgan fingerprint density at radius 1 is 0.933 bits per heavy atom. The molecule has 4 heteroatoms. The van der Waals surface area contributed by atoms with E-state index < -0.39 is 11.9 Å². The van der Waals surface area contributed by atoms with Gasteiger partial charge in [-0.05, 0) is 19.3 Å². The van der Waals surface area contributed by atoms with Crippen LogP contribution in [0, 0.1) is 11.8 Å². The minimum absolute atomic E-state index is 0.130. The van der Waals surface area contributed by atoms with Crippen LogP contribution in [0.2, 0.25) is 0 Å². The normalized spacial score (nSPS) is 11.5. The van der Waals surface area contributed by atoms with Gasteiger partial charge in [-0.25, -0.2) is 0 Å². The van der Waals surface area contributed by atoms with Gasteiger partial charge in [-0.2, -0.15) is 0 Å². The van der Waals surface area contributed by atoms with E-state index in [4.69, 9.17) is 10.2 Å². The Bertz CT molecular complexity index is 185. The average Bonchev–Trinajstić information content (AvgIpc) is 2.18. The molecule has 0 saturated carbocycles. The predicted octanol–water partition coefficient (Wildman–Crippen LogP) is 2.62. The molecule has 1 unspecified atom stereocenters. The second-order valence-corrected chi connectivity index (χ2v) is 3.50. The second-order valence-electron chi connectivity index (χ2n) is 3.50. The van der Waals surface area contributed by atoms with Crippen molar-refractivity contribution >= 4 is 11.9 Å². The van der Waals surface area contributed by atoms with Crippen LogP contribution in [0.5, 0.6) is 0 Å². The summed E-state index contributed by atoms with van der Waals surface area (Å²) in [5.74, 6) is -1.69. The SMILES string of the molecule is CCC(C)C(=O)O.CCC(CC)C(=O)O. The molecule has 0 spiro atoms. The van der Waals surface area contributed by atoms with Crippen molar-refractivity contribution in [1.82, 2.24) is 0 Å². The first-order valence-electron chi connectivity index (χ1n) is 5.36. The molecule has 1 atom stereocenters. The lowest BCUT2D eigenvalue weighted by atomic mass is 10.1. The lowest BCUT2D eigenvalue weighted by Gasteiger charge is -2.02. The fraction of sp³-hybridized carbons (Fsp3) is 0.818. The molecule has 0 aliphatic carbocycles. The third kappa shape index (κ3) is 9.25. The van der Waals surface area contributed by atoms with E-state index >= 15 is 0 Å². The van der Waals surface area contributed by atoms with E-state index in [9.17, 15) is 9.59 Å². The summed E-state index contributed by atoms with van der Waals surface area (Å²) >= 11 is 0. The molecule has 0 bridgehead atoms. The van der Waals surface area contributed by atoms with Crippen LogP contribution in [0.1, 0.15) is 47.0 Å². The maximum Gasteiger partial charge on any atom is 0.306 e. The van der Waals surface area contributed by atoms with E-state index in [0.717, 1.165) is 19.3 Å². The highest BCUT2D eigenvalue weighted by molar-refractivity contribution is 5.69. The van der Waals surface area contributed by atoms with Crippen LogP contribution in [-0.2, 0) is 9.59 Å². The molecule has 0 saturated heterocycles. The summed E-state index contributed by atoms with van der Waals surface area (Å²) in [6.45, 7) is 7.34. The minimum atomic E-state index is -0.706. The van der Waals surface area contributed by atoms with Gasteiger partial charge in [-0.15, -0.1) is 0 Å². The molecular weight excluding hydrogens is 196 g/mol. The van der Waals surface area contributed by atoms with Crippen molar-refractivity contribution in [2.75, 3.05) is 0 Å². The van der Waals surface area contributed by atoms with Crippen molar-refractivity contribution in [1.29, 1.82) is 0 Å². The van der Waals surface area contributed by atoms with E-state index in [2.05, 4.69) is 0 Å². The van der Waals surface area contributed by atoms with Crippen LogP contribution in [0.25, 0.3) is 0 Å². The Morgan fingerprint density at radius 2 is 1.33 bits per heavy atom. The van der Waals surface area contributed by atoms with E-state index in [1.54, 1.807) is 6.92 Å². The Balaban J connectivity index is 0. The number of hydrogen-bond donors (Lipinski definition) is 2. The van der Waals surface area contributed by atoms with Crippen molar-refractivity contribution in [2.24, 2.45) is 11.8 Å². The molecule has 0 aliphatic heterocycles. The molecule has 4 nitrogen and oxygen atoms in total. The molecule has 15 heavy (non-hydrogen) atoms. The first kappa shape index (κ1) is 16.4. The zero-order valence-corrected chi connectivity index (χ0v) is 9.99. The van der Waals surface area contributed by atoms with Gasteiger partial charge in [0.05, 0.1) is 11.8 Å². The van der Waals surface area contributed by atoms with Crippen molar-refractivity contribution < 1.29 is 19.8 Å². The molecule has 2 N–H and O–H groups in total. The van der Waals surface area contributed by atoms with Crippen LogP contribution < -0.4 is 0 Å². The van der Waals surface area contributed by atoms with Gasteiger partial charge in [-0.1, -0.05) is 27.7 Å². The van der Waals surface area contributed by atoms with Gasteiger partial charge in [0.25, 0.3) is 0 Å². The van der Waals surface area contributed by atoms with Crippen molar-refractivity contribution in [3.63, 3.8) is 0 Å². The molecule has 0 rings (SSSR count). The van der Waals surface area contributed by atoms with Crippen molar-refractivity contribution in [3.8, 4) is 0 Å². The fourth-order valence-corrected chi connectivity index (χ4v) is 0.813. The fourth-order valence-electron chi connectivity index (χ4n) is 0.813. The Morgan fingerprint density at radius 3 is 1.33 bits per heavy atom. The Kier molecular flexibility index (Phi) is 10.4. The molecule has 0 aromatic rings. The summed E-state index contributed by atoms with van der Waals surface area (Å²) in [6, 6.07) is 0. The number of carbonyl (C=O) groups is 2. The number of aliphatic carboxylic acids is 2. The third-order valence-corrected chi connectivity index (χ3v) is 2.37. The second kappa shape index (κ2) is 9.49. The van der Waals surface area contributed by atoms with Gasteiger partial charge in [0.15, 0.2) is 0 Å². The van der Waals surface area contributed by atoms with Crippen LogP contribution in [-0.4, -0.2) is 22.2 Å². The number of carboxylic acid groups (broad SMARTS) is 2. The van der Waals surface area contributed by atoms with Crippen LogP contribution in [0.4, 0.5) is 0 Å². The maximum absolute atomic E-state index is 10.2. The van der Waals surface area contributed by atoms with Crippen LogP contribution >= 0.6 is 0 Å². The van der Waals surface area contributed by atoms with Gasteiger partial charge < -0.3 is 10.2 Å². The summed E-state index contributed by atoms with van der Waals surface area (Å²) in [7, 11) is 0. The highest BCUT2D eigenvalue weighted by atomic mass is 16.4. The molecule has 0 aromatic carbocycles. The topological polar surface area (TPSA) is 74.6 Å². The first-order valence-corrected chi connectivity index (χ1v) is 5.36.